The molecule has 0 bridgehead atoms. The average molecular weight is 352 g/mol. The van der Waals surface area contributed by atoms with Gasteiger partial charge in [-0.25, -0.2) is 9.97 Å². The number of benzene rings is 1. The van der Waals surface area contributed by atoms with Crippen LogP contribution in [0.5, 0.6) is 5.75 Å². The third-order valence-electron chi connectivity index (χ3n) is 2.51. The Morgan fingerprint density at radius 3 is 2.41 bits per heavy atom. The van der Waals surface area contributed by atoms with Gasteiger partial charge in [-0.15, -0.1) is 0 Å². The van der Waals surface area contributed by atoms with Crippen LogP contribution in [0.25, 0.3) is 0 Å². The predicted octanol–water partition coefficient (Wildman–Crippen LogP) is 3.76. The van der Waals surface area contributed by atoms with Gasteiger partial charge in [0.05, 0.1) is 16.3 Å². The number of phenols is 1. The molecular formula is C12H6Cl2F3N3O2. The lowest BCUT2D eigenvalue weighted by Gasteiger charge is -2.13. The van der Waals surface area contributed by atoms with E-state index in [1.54, 1.807) is 0 Å². The summed E-state index contributed by atoms with van der Waals surface area (Å²) in [4.78, 5) is 19.2. The number of aromatic hydroxyl groups is 1. The number of amides is 1. The fourth-order valence-corrected chi connectivity index (χ4v) is 1.99. The maximum Gasteiger partial charge on any atom is 0.417 e. The van der Waals surface area contributed by atoms with E-state index in [0.29, 0.717) is 12.1 Å². The first-order valence-corrected chi connectivity index (χ1v) is 6.33. The van der Waals surface area contributed by atoms with Crippen molar-refractivity contribution in [3.8, 4) is 5.75 Å². The van der Waals surface area contributed by atoms with Crippen LogP contribution in [-0.4, -0.2) is 21.0 Å². The number of nitrogens with zero attached hydrogens (tertiary/aromatic N) is 2. The van der Waals surface area contributed by atoms with Gasteiger partial charge in [-0.2, -0.15) is 13.2 Å². The van der Waals surface area contributed by atoms with Gasteiger partial charge in [-0.05, 0) is 6.07 Å². The SMILES string of the molecule is O=C(Nc1cc(C(F)(F)F)c(Cl)cc1O)c1nccnc1Cl. The second-order valence-corrected chi connectivity index (χ2v) is 4.76. The van der Waals surface area contributed by atoms with Crippen molar-refractivity contribution < 1.29 is 23.1 Å². The largest absolute Gasteiger partial charge is 0.506 e. The van der Waals surface area contributed by atoms with Crippen molar-refractivity contribution >= 4 is 34.8 Å². The lowest BCUT2D eigenvalue weighted by Crippen LogP contribution is -2.16. The Kier molecular flexibility index (Phi) is 4.43. The van der Waals surface area contributed by atoms with E-state index in [4.69, 9.17) is 23.2 Å². The highest BCUT2D eigenvalue weighted by Gasteiger charge is 2.34. The van der Waals surface area contributed by atoms with Crippen molar-refractivity contribution in [3.63, 3.8) is 0 Å². The van der Waals surface area contributed by atoms with Crippen LogP contribution >= 0.6 is 23.2 Å². The molecule has 0 unspecified atom stereocenters. The Labute approximate surface area is 131 Å². The molecule has 0 saturated carbocycles. The molecule has 0 aliphatic rings. The highest BCUT2D eigenvalue weighted by atomic mass is 35.5. The molecule has 2 rings (SSSR count). The van der Waals surface area contributed by atoms with Gasteiger partial charge in [0.25, 0.3) is 5.91 Å². The minimum atomic E-state index is -4.74. The van der Waals surface area contributed by atoms with Crippen molar-refractivity contribution in [2.45, 2.75) is 6.18 Å². The zero-order valence-corrected chi connectivity index (χ0v) is 12.0. The van der Waals surface area contributed by atoms with Gasteiger partial charge < -0.3 is 10.4 Å². The molecule has 10 heteroatoms. The van der Waals surface area contributed by atoms with Crippen LogP contribution in [0, 0.1) is 0 Å². The molecule has 1 heterocycles. The molecule has 2 aromatic rings. The summed E-state index contributed by atoms with van der Waals surface area (Å²) in [5, 5.41) is 10.8. The van der Waals surface area contributed by atoms with E-state index in [1.807, 2.05) is 0 Å². The van der Waals surface area contributed by atoms with Crippen LogP contribution in [0.3, 0.4) is 0 Å². The molecule has 0 atom stereocenters. The molecule has 0 radical (unpaired) electrons. The van der Waals surface area contributed by atoms with Crippen LogP contribution in [0.1, 0.15) is 16.1 Å². The average Bonchev–Trinajstić information content (AvgIpc) is 2.40. The van der Waals surface area contributed by atoms with Crippen LogP contribution in [0.2, 0.25) is 10.2 Å². The first-order valence-electron chi connectivity index (χ1n) is 5.57. The Morgan fingerprint density at radius 2 is 1.82 bits per heavy atom. The molecule has 0 spiro atoms. The first kappa shape index (κ1) is 16.3. The van der Waals surface area contributed by atoms with E-state index in [2.05, 4.69) is 15.3 Å². The summed E-state index contributed by atoms with van der Waals surface area (Å²) in [6, 6.07) is 1.19. The molecule has 0 aliphatic heterocycles. The normalized spacial score (nSPS) is 11.3. The number of nitrogens with one attached hydrogen (secondary N) is 1. The van der Waals surface area contributed by atoms with Gasteiger partial charge in [0.2, 0.25) is 0 Å². The maximum atomic E-state index is 12.8. The van der Waals surface area contributed by atoms with Crippen molar-refractivity contribution in [2.75, 3.05) is 5.32 Å². The van der Waals surface area contributed by atoms with Crippen LogP contribution in [0.15, 0.2) is 24.5 Å². The van der Waals surface area contributed by atoms with Gasteiger partial charge in [-0.1, -0.05) is 23.2 Å². The summed E-state index contributed by atoms with van der Waals surface area (Å²) in [6.07, 6.45) is -2.32. The Balaban J connectivity index is 2.38. The monoisotopic (exact) mass is 351 g/mol. The summed E-state index contributed by atoms with van der Waals surface area (Å²) in [5.41, 5.74) is -1.98. The number of carbonyl (C=O) groups excluding carboxylic acids is 1. The number of phenolic OH excluding ortho intramolecular Hbond substituents is 1. The zero-order valence-electron chi connectivity index (χ0n) is 10.4. The highest BCUT2D eigenvalue weighted by molar-refractivity contribution is 6.33. The molecule has 1 aromatic carbocycles. The Morgan fingerprint density at radius 1 is 1.18 bits per heavy atom. The predicted molar refractivity (Wildman–Crippen MR) is 73.1 cm³/mol. The van der Waals surface area contributed by atoms with Crippen molar-refractivity contribution in [1.29, 1.82) is 0 Å². The van der Waals surface area contributed by atoms with E-state index < -0.39 is 34.1 Å². The third-order valence-corrected chi connectivity index (χ3v) is 3.10. The van der Waals surface area contributed by atoms with Crippen LogP contribution in [0.4, 0.5) is 18.9 Å². The number of rotatable bonds is 2. The number of halogens is 5. The topological polar surface area (TPSA) is 75.1 Å². The van der Waals surface area contributed by atoms with Gasteiger partial charge in [0, 0.05) is 18.5 Å². The number of hydrogen-bond donors (Lipinski definition) is 2. The Hall–Kier alpha value is -2.06. The van der Waals surface area contributed by atoms with E-state index in [1.165, 1.54) is 12.4 Å². The molecule has 1 aromatic heterocycles. The number of anilines is 1. The molecule has 1 amide bonds. The van der Waals surface area contributed by atoms with Crippen LogP contribution < -0.4 is 5.32 Å². The zero-order chi connectivity index (χ0) is 16.5. The summed E-state index contributed by atoms with van der Waals surface area (Å²) >= 11 is 11.1. The van der Waals surface area contributed by atoms with E-state index >= 15 is 0 Å². The number of aromatic nitrogens is 2. The fraction of sp³-hybridized carbons (Fsp3) is 0.0833. The van der Waals surface area contributed by atoms with Gasteiger partial charge in [0.15, 0.2) is 10.8 Å². The molecule has 116 valence electrons. The van der Waals surface area contributed by atoms with Gasteiger partial charge in [0.1, 0.15) is 5.75 Å². The van der Waals surface area contributed by atoms with E-state index in [9.17, 15) is 23.1 Å². The molecule has 0 fully saturated rings. The lowest BCUT2D eigenvalue weighted by molar-refractivity contribution is -0.137. The quantitative estimate of drug-likeness (QED) is 0.807. The molecule has 0 saturated heterocycles. The molecule has 22 heavy (non-hydrogen) atoms. The van der Waals surface area contributed by atoms with Crippen molar-refractivity contribution in [3.05, 3.63) is 46.0 Å². The highest BCUT2D eigenvalue weighted by Crippen LogP contribution is 2.40. The molecule has 5 nitrogen and oxygen atoms in total. The standard InChI is InChI=1S/C12H6Cl2F3N3O2/c13-6-4-8(21)7(3-5(6)12(15,16)17)20-11(22)9-10(14)19-2-1-18-9/h1-4,21H,(H,20,22). The fourth-order valence-electron chi connectivity index (χ4n) is 1.53. The van der Waals surface area contributed by atoms with Crippen molar-refractivity contribution in [2.24, 2.45) is 0 Å². The summed E-state index contributed by atoms with van der Waals surface area (Å²) < 4.78 is 38.3. The number of carbonyl (C=O) groups is 1. The van der Waals surface area contributed by atoms with Gasteiger partial charge >= 0.3 is 6.18 Å². The number of hydrogen-bond acceptors (Lipinski definition) is 4. The van der Waals surface area contributed by atoms with Crippen molar-refractivity contribution in [1.82, 2.24) is 9.97 Å². The summed E-state index contributed by atoms with van der Waals surface area (Å²) in [5.74, 6) is -1.56. The van der Waals surface area contributed by atoms with Crippen LogP contribution in [-0.2, 0) is 6.18 Å². The van der Waals surface area contributed by atoms with Gasteiger partial charge in [-0.3, -0.25) is 4.79 Å². The summed E-state index contributed by atoms with van der Waals surface area (Å²) in [6.45, 7) is 0. The minimum Gasteiger partial charge on any atom is -0.506 e. The molecule has 2 N–H and O–H groups in total. The second-order valence-electron chi connectivity index (χ2n) is 4.00. The summed E-state index contributed by atoms with van der Waals surface area (Å²) in [7, 11) is 0. The lowest BCUT2D eigenvalue weighted by atomic mass is 10.1. The van der Waals surface area contributed by atoms with E-state index in [0.717, 1.165) is 0 Å². The number of alkyl halides is 3. The molecular weight excluding hydrogens is 346 g/mol. The smallest absolute Gasteiger partial charge is 0.417 e. The second kappa shape index (κ2) is 5.98. The minimum absolute atomic E-state index is 0.232. The molecule has 0 aliphatic carbocycles. The van der Waals surface area contributed by atoms with E-state index in [-0.39, 0.29) is 10.8 Å². The maximum absolute atomic E-state index is 12.8. The third kappa shape index (κ3) is 3.40. The first-order chi connectivity index (χ1) is 10.2. The Bertz CT molecular complexity index is 738.